The highest BCUT2D eigenvalue weighted by molar-refractivity contribution is 5.60. The average molecular weight is 371 g/mol. The van der Waals surface area contributed by atoms with Gasteiger partial charge in [-0.3, -0.25) is 0 Å². The van der Waals surface area contributed by atoms with Crippen molar-refractivity contribution in [2.75, 3.05) is 25.0 Å². The van der Waals surface area contributed by atoms with Crippen molar-refractivity contribution >= 4 is 17.8 Å². The zero-order valence-electron chi connectivity index (χ0n) is 17.1. The van der Waals surface area contributed by atoms with E-state index in [1.165, 1.54) is 22.4 Å². The normalized spacial score (nSPS) is 14.6. The maximum atomic E-state index is 2.32. The number of nitrogens with zero attached hydrogens (tertiary/aromatic N) is 2. The highest BCUT2D eigenvalue weighted by Crippen LogP contribution is 2.20. The van der Waals surface area contributed by atoms with Crippen molar-refractivity contribution in [1.29, 1.82) is 0 Å². The zero-order chi connectivity index (χ0) is 19.8. The Morgan fingerprint density at radius 2 is 1.64 bits per heavy atom. The van der Waals surface area contributed by atoms with Gasteiger partial charge in [-0.1, -0.05) is 72.8 Å². The summed E-state index contributed by atoms with van der Waals surface area (Å²) in [5.41, 5.74) is 4.93. The van der Waals surface area contributed by atoms with Gasteiger partial charge in [-0.25, -0.2) is 0 Å². The smallest absolute Gasteiger partial charge is 0.0414 e. The van der Waals surface area contributed by atoms with Crippen molar-refractivity contribution in [1.82, 2.24) is 4.90 Å². The van der Waals surface area contributed by atoms with Crippen LogP contribution in [0.2, 0.25) is 0 Å². The van der Waals surface area contributed by atoms with Crippen LogP contribution >= 0.6 is 0 Å². The fraction of sp³-hybridized carbons (Fsp3) is 0.231. The average Bonchev–Trinajstić information content (AvgIpc) is 2.74. The van der Waals surface area contributed by atoms with E-state index in [4.69, 9.17) is 0 Å². The molecular formula is C26H30N2. The molecule has 0 amide bonds. The van der Waals surface area contributed by atoms with E-state index in [1.807, 2.05) is 6.07 Å². The summed E-state index contributed by atoms with van der Waals surface area (Å²) in [5, 5.41) is 0. The molecule has 0 saturated carbocycles. The topological polar surface area (TPSA) is 6.48 Å². The molecule has 2 nitrogen and oxygen atoms in total. The Hall–Kier alpha value is -2.84. The number of anilines is 1. The fourth-order valence-corrected chi connectivity index (χ4v) is 2.92. The lowest BCUT2D eigenvalue weighted by Gasteiger charge is -2.22. The van der Waals surface area contributed by atoms with E-state index in [2.05, 4.69) is 122 Å². The van der Waals surface area contributed by atoms with Crippen LogP contribution in [0.5, 0.6) is 0 Å². The Labute approximate surface area is 169 Å². The predicted molar refractivity (Wildman–Crippen MR) is 123 cm³/mol. The van der Waals surface area contributed by atoms with Crippen molar-refractivity contribution < 1.29 is 0 Å². The number of allylic oxidation sites excluding steroid dienone is 3. The van der Waals surface area contributed by atoms with Gasteiger partial charge in [0.2, 0.25) is 0 Å². The molecule has 0 bridgehead atoms. The summed E-state index contributed by atoms with van der Waals surface area (Å²) in [6.07, 6.45) is 15.3. The van der Waals surface area contributed by atoms with Crippen LogP contribution in [0.4, 0.5) is 5.69 Å². The molecule has 2 aromatic carbocycles. The van der Waals surface area contributed by atoms with Crippen molar-refractivity contribution in [2.45, 2.75) is 19.9 Å². The summed E-state index contributed by atoms with van der Waals surface area (Å²) in [6, 6.07) is 19.7. The Bertz CT molecular complexity index is 855. The first-order valence-electron chi connectivity index (χ1n) is 9.97. The van der Waals surface area contributed by atoms with Crippen molar-refractivity contribution in [2.24, 2.45) is 0 Å². The molecule has 2 heteroatoms. The van der Waals surface area contributed by atoms with Gasteiger partial charge in [0.1, 0.15) is 0 Å². The van der Waals surface area contributed by atoms with Gasteiger partial charge < -0.3 is 9.80 Å². The second kappa shape index (κ2) is 9.91. The molecule has 0 atom stereocenters. The third-order valence-electron chi connectivity index (χ3n) is 5.05. The number of rotatable bonds is 7. The number of hydrogen-bond donors (Lipinski definition) is 0. The first-order chi connectivity index (χ1) is 13.6. The molecule has 0 unspecified atom stereocenters. The van der Waals surface area contributed by atoms with E-state index in [0.29, 0.717) is 6.04 Å². The van der Waals surface area contributed by atoms with Gasteiger partial charge in [-0.05, 0) is 55.8 Å². The van der Waals surface area contributed by atoms with Crippen LogP contribution in [0.1, 0.15) is 25.0 Å². The summed E-state index contributed by atoms with van der Waals surface area (Å²) in [7, 11) is 2.15. The Balaban J connectivity index is 1.54. The van der Waals surface area contributed by atoms with Crippen molar-refractivity contribution in [3.05, 3.63) is 102 Å². The predicted octanol–water partition coefficient (Wildman–Crippen LogP) is 6.01. The highest BCUT2D eigenvalue weighted by Gasteiger charge is 2.05. The van der Waals surface area contributed by atoms with Crippen LogP contribution in [-0.2, 0) is 0 Å². The molecule has 144 valence electrons. The summed E-state index contributed by atoms with van der Waals surface area (Å²) in [6.45, 7) is 6.29. The molecule has 28 heavy (non-hydrogen) atoms. The zero-order valence-corrected chi connectivity index (χ0v) is 17.1. The third kappa shape index (κ3) is 5.83. The molecule has 1 aliphatic heterocycles. The van der Waals surface area contributed by atoms with Crippen LogP contribution in [-0.4, -0.2) is 31.1 Å². The van der Waals surface area contributed by atoms with Gasteiger partial charge in [0.15, 0.2) is 0 Å². The Kier molecular flexibility index (Phi) is 7.05. The van der Waals surface area contributed by atoms with Crippen LogP contribution in [0.25, 0.3) is 12.2 Å². The molecule has 0 aliphatic carbocycles. The molecule has 0 fully saturated rings. The van der Waals surface area contributed by atoms with E-state index in [-0.39, 0.29) is 0 Å². The Morgan fingerprint density at radius 3 is 2.29 bits per heavy atom. The lowest BCUT2D eigenvalue weighted by Crippen LogP contribution is -2.26. The monoisotopic (exact) mass is 370 g/mol. The first kappa shape index (κ1) is 19.9. The van der Waals surface area contributed by atoms with Gasteiger partial charge in [-0.2, -0.15) is 0 Å². The van der Waals surface area contributed by atoms with Gasteiger partial charge >= 0.3 is 0 Å². The van der Waals surface area contributed by atoms with Crippen molar-refractivity contribution in [3.63, 3.8) is 0 Å². The minimum Gasteiger partial charge on any atom is -0.344 e. The second-order valence-corrected chi connectivity index (χ2v) is 7.44. The lowest BCUT2D eigenvalue weighted by molar-refractivity contribution is 0.303. The molecule has 3 rings (SSSR count). The summed E-state index contributed by atoms with van der Waals surface area (Å²) >= 11 is 0. The summed E-state index contributed by atoms with van der Waals surface area (Å²) in [5.74, 6) is 0. The molecular weight excluding hydrogens is 340 g/mol. The second-order valence-electron chi connectivity index (χ2n) is 7.44. The standard InChI is InChI=1S/C26H30N2/c1-22(2)27(3)19-7-10-24-13-15-26(16-14-24)28-20-17-25(18-21-28)12-11-23-8-5-4-6-9-23/h4-18,20,22H,19,21H2,1-3H3. The number of hydrogen-bond acceptors (Lipinski definition) is 2. The van der Waals surface area contributed by atoms with Crippen LogP contribution in [0.3, 0.4) is 0 Å². The van der Waals surface area contributed by atoms with Gasteiger partial charge in [0.05, 0.1) is 0 Å². The van der Waals surface area contributed by atoms with Crippen LogP contribution in [0, 0.1) is 0 Å². The largest absolute Gasteiger partial charge is 0.344 e. The van der Waals surface area contributed by atoms with Gasteiger partial charge in [0.25, 0.3) is 0 Å². The van der Waals surface area contributed by atoms with E-state index >= 15 is 0 Å². The minimum absolute atomic E-state index is 0.568. The molecule has 0 saturated heterocycles. The van der Waals surface area contributed by atoms with E-state index < -0.39 is 0 Å². The molecule has 0 N–H and O–H groups in total. The maximum Gasteiger partial charge on any atom is 0.0414 e. The molecule has 0 radical (unpaired) electrons. The molecule has 0 aromatic heterocycles. The van der Waals surface area contributed by atoms with Gasteiger partial charge in [0, 0.05) is 31.0 Å². The van der Waals surface area contributed by atoms with E-state index in [1.54, 1.807) is 0 Å². The molecule has 0 spiro atoms. The van der Waals surface area contributed by atoms with E-state index in [0.717, 1.165) is 13.1 Å². The SMILES string of the molecule is CC(C)N(C)CC=Cc1ccc(N2C=CC(C=Cc3ccccc3)=CC2)cc1. The highest BCUT2D eigenvalue weighted by atomic mass is 15.1. The van der Waals surface area contributed by atoms with E-state index in [9.17, 15) is 0 Å². The molecule has 1 heterocycles. The molecule has 2 aromatic rings. The third-order valence-corrected chi connectivity index (χ3v) is 5.05. The molecule has 1 aliphatic rings. The first-order valence-corrected chi connectivity index (χ1v) is 9.97. The summed E-state index contributed by atoms with van der Waals surface area (Å²) in [4.78, 5) is 4.58. The minimum atomic E-state index is 0.568. The lowest BCUT2D eigenvalue weighted by atomic mass is 10.1. The Morgan fingerprint density at radius 1 is 0.929 bits per heavy atom. The van der Waals surface area contributed by atoms with Crippen LogP contribution in [0.15, 0.2) is 90.7 Å². The quantitative estimate of drug-likeness (QED) is 0.588. The van der Waals surface area contributed by atoms with Gasteiger partial charge in [-0.15, -0.1) is 0 Å². The fourth-order valence-electron chi connectivity index (χ4n) is 2.92. The summed E-state index contributed by atoms with van der Waals surface area (Å²) < 4.78 is 0. The number of likely N-dealkylation sites (N-methyl/N-ethyl adjacent to an activating group) is 1. The van der Waals surface area contributed by atoms with Crippen LogP contribution < -0.4 is 4.90 Å². The van der Waals surface area contributed by atoms with Crippen molar-refractivity contribution in [3.8, 4) is 0 Å². The number of benzene rings is 2. The maximum absolute atomic E-state index is 2.32.